The van der Waals surface area contributed by atoms with Gasteiger partial charge >= 0.3 is 6.18 Å². The van der Waals surface area contributed by atoms with Crippen LogP contribution in [0.15, 0.2) is 30.7 Å². The van der Waals surface area contributed by atoms with Crippen molar-refractivity contribution < 1.29 is 27.4 Å². The lowest BCUT2D eigenvalue weighted by atomic mass is 10.2. The molecule has 3 aromatic heterocycles. The first kappa shape index (κ1) is 21.0. The molecule has 1 amide bonds. The van der Waals surface area contributed by atoms with E-state index in [0.29, 0.717) is 36.2 Å². The molecule has 1 fully saturated rings. The predicted octanol–water partition coefficient (Wildman–Crippen LogP) is 2.64. The van der Waals surface area contributed by atoms with Gasteiger partial charge in [0.25, 0.3) is 5.91 Å². The number of nitrogens with zero attached hydrogens (tertiary/aromatic N) is 4. The third-order valence-electron chi connectivity index (χ3n) is 4.77. The van der Waals surface area contributed by atoms with Gasteiger partial charge in [0, 0.05) is 30.8 Å². The van der Waals surface area contributed by atoms with Gasteiger partial charge in [0.15, 0.2) is 6.61 Å². The molecule has 11 heteroatoms. The zero-order valence-electron chi connectivity index (χ0n) is 16.6. The first-order valence-electron chi connectivity index (χ1n) is 9.64. The summed E-state index contributed by atoms with van der Waals surface area (Å²) in [4.78, 5) is 20.8. The van der Waals surface area contributed by atoms with Crippen molar-refractivity contribution in [1.82, 2.24) is 25.1 Å². The van der Waals surface area contributed by atoms with Crippen molar-refractivity contribution >= 4 is 16.8 Å². The van der Waals surface area contributed by atoms with Gasteiger partial charge < -0.3 is 14.8 Å². The number of nitrogens with one attached hydrogen (secondary N) is 1. The fourth-order valence-corrected chi connectivity index (χ4v) is 3.35. The average molecular weight is 435 g/mol. The fourth-order valence-electron chi connectivity index (χ4n) is 3.35. The number of amides is 1. The molecule has 1 aliphatic heterocycles. The summed E-state index contributed by atoms with van der Waals surface area (Å²) in [5.74, 6) is -0.352. The number of rotatable bonds is 6. The lowest BCUT2D eigenvalue weighted by Gasteiger charge is -2.11. The van der Waals surface area contributed by atoms with Crippen molar-refractivity contribution in [3.63, 3.8) is 0 Å². The Morgan fingerprint density at radius 1 is 1.39 bits per heavy atom. The average Bonchev–Trinajstić information content (AvgIpc) is 3.35. The van der Waals surface area contributed by atoms with Crippen LogP contribution in [0.5, 0.6) is 5.88 Å². The number of hydrogen-bond acceptors (Lipinski definition) is 6. The van der Waals surface area contributed by atoms with Crippen LogP contribution >= 0.6 is 0 Å². The molecular weight excluding hydrogens is 415 g/mol. The molecule has 0 aromatic carbocycles. The second kappa shape index (κ2) is 8.50. The second-order valence-electron chi connectivity index (χ2n) is 7.32. The standard InChI is InChI=1S/C20H20F3N5O3/c1-12-6-13(7-25-19(12)31-11-20(21,22)23)8-28-9-15-16(27-28)2-4-24-17(15)18(29)26-14-3-5-30-10-14/h2,4,6-7,9,14H,3,5,8,10-11H2,1H3,(H,26,29). The number of halogens is 3. The maximum atomic E-state index is 12.6. The van der Waals surface area contributed by atoms with E-state index in [4.69, 9.17) is 9.47 Å². The number of carbonyl (C=O) groups excluding carboxylic acids is 1. The number of aromatic nitrogens is 4. The predicted molar refractivity (Wildman–Crippen MR) is 104 cm³/mol. The Kier molecular flexibility index (Phi) is 5.77. The number of aryl methyl sites for hydroxylation is 1. The molecule has 1 aliphatic rings. The van der Waals surface area contributed by atoms with Crippen LogP contribution in [0.4, 0.5) is 13.2 Å². The Morgan fingerprint density at radius 2 is 2.23 bits per heavy atom. The summed E-state index contributed by atoms with van der Waals surface area (Å²) in [7, 11) is 0. The summed E-state index contributed by atoms with van der Waals surface area (Å²) in [6.45, 7) is 1.65. The lowest BCUT2D eigenvalue weighted by molar-refractivity contribution is -0.154. The summed E-state index contributed by atoms with van der Waals surface area (Å²) in [5, 5.41) is 7.99. The molecule has 0 saturated carbocycles. The molecule has 4 rings (SSSR count). The zero-order valence-corrected chi connectivity index (χ0v) is 16.6. The quantitative estimate of drug-likeness (QED) is 0.640. The van der Waals surface area contributed by atoms with E-state index in [1.807, 2.05) is 0 Å². The SMILES string of the molecule is Cc1cc(Cn2cc3c(C(=O)NC4CCOC4)nccc3n2)cnc1OCC(F)(F)F. The van der Waals surface area contributed by atoms with Crippen molar-refractivity contribution in [2.24, 2.45) is 0 Å². The highest BCUT2D eigenvalue weighted by molar-refractivity contribution is 6.04. The van der Waals surface area contributed by atoms with E-state index in [2.05, 4.69) is 20.4 Å². The molecule has 3 aromatic rings. The Balaban J connectivity index is 1.50. The second-order valence-corrected chi connectivity index (χ2v) is 7.32. The van der Waals surface area contributed by atoms with E-state index < -0.39 is 12.8 Å². The van der Waals surface area contributed by atoms with Gasteiger partial charge in [-0.15, -0.1) is 0 Å². The number of fused-ring (bicyclic) bond motifs is 1. The van der Waals surface area contributed by atoms with E-state index in [0.717, 1.165) is 12.0 Å². The van der Waals surface area contributed by atoms with E-state index in [1.165, 1.54) is 12.4 Å². The van der Waals surface area contributed by atoms with Crippen LogP contribution in [-0.4, -0.2) is 57.7 Å². The van der Waals surface area contributed by atoms with Crippen LogP contribution in [0.25, 0.3) is 10.9 Å². The van der Waals surface area contributed by atoms with Crippen LogP contribution in [-0.2, 0) is 11.3 Å². The van der Waals surface area contributed by atoms with Crippen LogP contribution in [0.1, 0.15) is 28.0 Å². The third kappa shape index (κ3) is 5.10. The molecule has 1 atom stereocenters. The van der Waals surface area contributed by atoms with Gasteiger partial charge in [0.05, 0.1) is 30.1 Å². The highest BCUT2D eigenvalue weighted by Gasteiger charge is 2.29. The van der Waals surface area contributed by atoms with Gasteiger partial charge in [-0.05, 0) is 31.0 Å². The van der Waals surface area contributed by atoms with Crippen molar-refractivity contribution in [3.8, 4) is 5.88 Å². The molecule has 8 nitrogen and oxygen atoms in total. The maximum absolute atomic E-state index is 12.6. The van der Waals surface area contributed by atoms with Crippen molar-refractivity contribution in [3.05, 3.63) is 47.5 Å². The number of carbonyl (C=O) groups is 1. The van der Waals surface area contributed by atoms with Gasteiger partial charge in [-0.1, -0.05) is 0 Å². The lowest BCUT2D eigenvalue weighted by Crippen LogP contribution is -2.35. The first-order chi connectivity index (χ1) is 14.8. The molecule has 31 heavy (non-hydrogen) atoms. The normalized spacial score (nSPS) is 16.6. The molecule has 1 N–H and O–H groups in total. The highest BCUT2D eigenvalue weighted by atomic mass is 19.4. The summed E-state index contributed by atoms with van der Waals surface area (Å²) in [6.07, 6.45) is 1.02. The van der Waals surface area contributed by atoms with Gasteiger partial charge in [-0.3, -0.25) is 14.5 Å². The summed E-state index contributed by atoms with van der Waals surface area (Å²) in [6, 6.07) is 3.36. The molecule has 0 spiro atoms. The molecule has 1 unspecified atom stereocenters. The number of alkyl halides is 3. The molecule has 4 heterocycles. The molecular formula is C20H20F3N5O3. The maximum Gasteiger partial charge on any atom is 0.422 e. The van der Waals surface area contributed by atoms with Crippen LogP contribution in [0.3, 0.4) is 0 Å². The molecule has 0 bridgehead atoms. The third-order valence-corrected chi connectivity index (χ3v) is 4.77. The Labute approximate surface area is 175 Å². The van der Waals surface area contributed by atoms with E-state index in [-0.39, 0.29) is 23.5 Å². The Hall–Kier alpha value is -3.21. The molecule has 0 aliphatic carbocycles. The highest BCUT2D eigenvalue weighted by Crippen LogP contribution is 2.22. The molecule has 0 radical (unpaired) electrons. The minimum atomic E-state index is -4.43. The zero-order chi connectivity index (χ0) is 22.0. The van der Waals surface area contributed by atoms with Crippen molar-refractivity contribution in [2.45, 2.75) is 32.1 Å². The summed E-state index contributed by atoms with van der Waals surface area (Å²) >= 11 is 0. The van der Waals surface area contributed by atoms with Crippen LogP contribution in [0.2, 0.25) is 0 Å². The summed E-state index contributed by atoms with van der Waals surface area (Å²) in [5.41, 5.74) is 2.10. The fraction of sp³-hybridized carbons (Fsp3) is 0.400. The monoisotopic (exact) mass is 435 g/mol. The number of ether oxygens (including phenoxy) is 2. The van der Waals surface area contributed by atoms with E-state index in [9.17, 15) is 18.0 Å². The topological polar surface area (TPSA) is 91.2 Å². The number of pyridine rings is 2. The van der Waals surface area contributed by atoms with Gasteiger partial charge in [0.2, 0.25) is 5.88 Å². The Bertz CT molecular complexity index is 1090. The summed E-state index contributed by atoms with van der Waals surface area (Å²) < 4.78 is 48.7. The minimum absolute atomic E-state index is 0.0354. The minimum Gasteiger partial charge on any atom is -0.468 e. The van der Waals surface area contributed by atoms with Gasteiger partial charge in [0.1, 0.15) is 5.69 Å². The van der Waals surface area contributed by atoms with E-state index >= 15 is 0 Å². The van der Waals surface area contributed by atoms with Crippen molar-refractivity contribution in [2.75, 3.05) is 19.8 Å². The van der Waals surface area contributed by atoms with Gasteiger partial charge in [-0.2, -0.15) is 18.3 Å². The smallest absolute Gasteiger partial charge is 0.422 e. The van der Waals surface area contributed by atoms with Gasteiger partial charge in [-0.25, -0.2) is 4.98 Å². The van der Waals surface area contributed by atoms with Crippen LogP contribution < -0.4 is 10.1 Å². The van der Waals surface area contributed by atoms with Crippen molar-refractivity contribution in [1.29, 1.82) is 0 Å². The van der Waals surface area contributed by atoms with Crippen LogP contribution in [0, 0.1) is 6.92 Å². The Morgan fingerprint density at radius 3 is 2.94 bits per heavy atom. The first-order valence-corrected chi connectivity index (χ1v) is 9.64. The largest absolute Gasteiger partial charge is 0.468 e. The molecule has 164 valence electrons. The van der Waals surface area contributed by atoms with E-state index in [1.54, 1.807) is 29.9 Å². The molecule has 1 saturated heterocycles. The number of hydrogen-bond donors (Lipinski definition) is 1.